The number of rotatable bonds is 4. The van der Waals surface area contributed by atoms with Crippen LogP contribution >= 0.6 is 11.3 Å². The highest BCUT2D eigenvalue weighted by Gasteiger charge is 2.09. The molecule has 100 valence electrons. The molecule has 0 saturated heterocycles. The highest BCUT2D eigenvalue weighted by Crippen LogP contribution is 2.19. The van der Waals surface area contributed by atoms with Gasteiger partial charge in [-0.3, -0.25) is 4.79 Å². The molecule has 0 aliphatic carbocycles. The Hall–Kier alpha value is -2.40. The molecule has 0 aliphatic heterocycles. The minimum absolute atomic E-state index is 0.0933. The van der Waals surface area contributed by atoms with Gasteiger partial charge in [-0.1, -0.05) is 41.6 Å². The number of carbonyl (C=O) groups is 1. The van der Waals surface area contributed by atoms with Crippen molar-refractivity contribution in [2.24, 2.45) is 0 Å². The van der Waals surface area contributed by atoms with Crippen LogP contribution in [0, 0.1) is 0 Å². The van der Waals surface area contributed by atoms with Gasteiger partial charge < -0.3 is 9.84 Å². The minimum Gasteiger partial charge on any atom is -0.356 e. The molecule has 0 fully saturated rings. The van der Waals surface area contributed by atoms with Crippen LogP contribution in [0.5, 0.6) is 0 Å². The van der Waals surface area contributed by atoms with E-state index in [1.165, 1.54) is 11.3 Å². The predicted octanol–water partition coefficient (Wildman–Crippen LogP) is 3.33. The monoisotopic (exact) mass is 284 g/mol. The summed E-state index contributed by atoms with van der Waals surface area (Å²) < 4.78 is 5.28. The summed E-state index contributed by atoms with van der Waals surface area (Å²) in [4.78, 5) is 12.5. The van der Waals surface area contributed by atoms with E-state index in [0.717, 1.165) is 5.56 Å². The zero-order valence-electron chi connectivity index (χ0n) is 10.6. The van der Waals surface area contributed by atoms with E-state index in [1.54, 1.807) is 6.07 Å². The van der Waals surface area contributed by atoms with Crippen molar-refractivity contribution in [1.82, 2.24) is 10.5 Å². The van der Waals surface area contributed by atoms with Crippen molar-refractivity contribution < 1.29 is 9.32 Å². The molecular weight excluding hydrogens is 272 g/mol. The predicted molar refractivity (Wildman–Crippen MR) is 77.4 cm³/mol. The fraction of sp³-hybridized carbons (Fsp3) is 0.0667. The van der Waals surface area contributed by atoms with Crippen molar-refractivity contribution >= 4 is 17.2 Å². The topological polar surface area (TPSA) is 55.1 Å². The van der Waals surface area contributed by atoms with E-state index in [1.807, 2.05) is 47.8 Å². The summed E-state index contributed by atoms with van der Waals surface area (Å²) in [5.41, 5.74) is 1.67. The summed E-state index contributed by atoms with van der Waals surface area (Å²) in [5.74, 6) is 0.607. The summed E-state index contributed by atoms with van der Waals surface area (Å²) >= 11 is 1.41. The van der Waals surface area contributed by atoms with Crippen molar-refractivity contribution in [3.05, 3.63) is 64.5 Å². The van der Waals surface area contributed by atoms with Crippen LogP contribution in [0.15, 0.2) is 58.4 Å². The van der Waals surface area contributed by atoms with Crippen LogP contribution in [0.3, 0.4) is 0 Å². The largest absolute Gasteiger partial charge is 0.356 e. The molecule has 0 saturated carbocycles. The Morgan fingerprint density at radius 2 is 2.05 bits per heavy atom. The highest BCUT2D eigenvalue weighted by atomic mass is 32.1. The van der Waals surface area contributed by atoms with Crippen molar-refractivity contribution in [1.29, 1.82) is 0 Å². The summed E-state index contributed by atoms with van der Waals surface area (Å²) in [6.45, 7) is 0.354. The molecule has 1 N–H and O–H groups in total. The Bertz CT molecular complexity index is 690. The summed E-state index contributed by atoms with van der Waals surface area (Å²) in [6, 6.07) is 15.2. The van der Waals surface area contributed by atoms with Crippen LogP contribution < -0.4 is 5.32 Å². The molecule has 20 heavy (non-hydrogen) atoms. The van der Waals surface area contributed by atoms with Crippen molar-refractivity contribution in [3.8, 4) is 11.3 Å². The van der Waals surface area contributed by atoms with Gasteiger partial charge in [-0.25, -0.2) is 0 Å². The Labute approximate surface area is 120 Å². The zero-order chi connectivity index (χ0) is 13.8. The van der Waals surface area contributed by atoms with E-state index < -0.39 is 0 Å². The Kier molecular flexibility index (Phi) is 3.60. The number of nitrogens with zero attached hydrogens (tertiary/aromatic N) is 1. The van der Waals surface area contributed by atoms with Gasteiger partial charge in [-0.2, -0.15) is 0 Å². The number of hydrogen-bond acceptors (Lipinski definition) is 4. The molecule has 0 atom stereocenters. The van der Waals surface area contributed by atoms with Crippen LogP contribution in [0.25, 0.3) is 11.3 Å². The number of amides is 1. The quantitative estimate of drug-likeness (QED) is 0.799. The van der Waals surface area contributed by atoms with Crippen molar-refractivity contribution in [2.75, 3.05) is 0 Å². The molecule has 2 heterocycles. The molecule has 3 aromatic rings. The van der Waals surface area contributed by atoms with E-state index >= 15 is 0 Å². The average molecular weight is 284 g/mol. The van der Waals surface area contributed by atoms with Gasteiger partial charge in [0.15, 0.2) is 5.76 Å². The van der Waals surface area contributed by atoms with Gasteiger partial charge >= 0.3 is 0 Å². The first-order valence-corrected chi connectivity index (χ1v) is 7.03. The normalized spacial score (nSPS) is 10.4. The fourth-order valence-electron chi connectivity index (χ4n) is 1.80. The highest BCUT2D eigenvalue weighted by molar-refractivity contribution is 7.12. The Morgan fingerprint density at radius 1 is 1.20 bits per heavy atom. The summed E-state index contributed by atoms with van der Waals surface area (Å²) in [7, 11) is 0. The number of benzene rings is 1. The molecule has 1 aromatic carbocycles. The van der Waals surface area contributed by atoms with Crippen LogP contribution in [0.4, 0.5) is 0 Å². The molecule has 0 aliphatic rings. The van der Waals surface area contributed by atoms with Gasteiger partial charge in [0.05, 0.1) is 11.4 Å². The Morgan fingerprint density at radius 3 is 2.80 bits per heavy atom. The first-order valence-electron chi connectivity index (χ1n) is 6.15. The fourth-order valence-corrected chi connectivity index (χ4v) is 2.44. The number of aromatic nitrogens is 1. The van der Waals surface area contributed by atoms with E-state index in [0.29, 0.717) is 22.9 Å². The lowest BCUT2D eigenvalue weighted by atomic mass is 10.2. The minimum atomic E-state index is -0.0933. The molecular formula is C15H12N2O2S. The molecule has 0 bridgehead atoms. The third-order valence-corrected chi connectivity index (χ3v) is 3.66. The zero-order valence-corrected chi connectivity index (χ0v) is 11.4. The Balaban J connectivity index is 1.65. The van der Waals surface area contributed by atoms with Crippen molar-refractivity contribution in [2.45, 2.75) is 6.54 Å². The number of thiophene rings is 1. The van der Waals surface area contributed by atoms with E-state index in [-0.39, 0.29) is 5.91 Å². The third-order valence-electron chi connectivity index (χ3n) is 2.79. The molecule has 0 unspecified atom stereocenters. The maximum absolute atomic E-state index is 11.8. The van der Waals surface area contributed by atoms with Gasteiger partial charge in [0.25, 0.3) is 5.91 Å². The van der Waals surface area contributed by atoms with E-state index in [4.69, 9.17) is 4.52 Å². The standard InChI is InChI=1S/C15H12N2O2S/c18-15(14-7-4-8-20-14)16-10-12-9-13(19-17-12)11-5-2-1-3-6-11/h1-9H,10H2,(H,16,18). The van der Waals surface area contributed by atoms with Gasteiger partial charge in [-0.15, -0.1) is 11.3 Å². The number of nitrogens with one attached hydrogen (secondary N) is 1. The first-order chi connectivity index (χ1) is 9.83. The van der Waals surface area contributed by atoms with Gasteiger partial charge in [0.2, 0.25) is 0 Å². The van der Waals surface area contributed by atoms with Crippen molar-refractivity contribution in [3.63, 3.8) is 0 Å². The smallest absolute Gasteiger partial charge is 0.261 e. The molecule has 2 aromatic heterocycles. The van der Waals surface area contributed by atoms with E-state index in [9.17, 15) is 4.79 Å². The second-order valence-corrected chi connectivity index (χ2v) is 5.16. The first kappa shape index (κ1) is 12.6. The number of hydrogen-bond donors (Lipinski definition) is 1. The maximum Gasteiger partial charge on any atom is 0.261 e. The lowest BCUT2D eigenvalue weighted by Crippen LogP contribution is -2.21. The second-order valence-electron chi connectivity index (χ2n) is 4.21. The SMILES string of the molecule is O=C(NCc1cc(-c2ccccc2)on1)c1cccs1. The molecule has 4 nitrogen and oxygen atoms in total. The van der Waals surface area contributed by atoms with Crippen LogP contribution in [0.1, 0.15) is 15.4 Å². The van der Waals surface area contributed by atoms with Gasteiger partial charge in [0.1, 0.15) is 5.69 Å². The van der Waals surface area contributed by atoms with Crippen LogP contribution in [0.2, 0.25) is 0 Å². The van der Waals surface area contributed by atoms with Gasteiger partial charge in [0, 0.05) is 11.6 Å². The van der Waals surface area contributed by atoms with Crippen LogP contribution in [-0.4, -0.2) is 11.1 Å². The summed E-state index contributed by atoms with van der Waals surface area (Å²) in [5, 5.41) is 8.65. The molecule has 0 radical (unpaired) electrons. The average Bonchev–Trinajstić information content (AvgIpc) is 3.17. The lowest BCUT2D eigenvalue weighted by molar-refractivity contribution is 0.0954. The van der Waals surface area contributed by atoms with E-state index in [2.05, 4.69) is 10.5 Å². The summed E-state index contributed by atoms with van der Waals surface area (Å²) in [6.07, 6.45) is 0. The molecule has 3 rings (SSSR count). The molecule has 0 spiro atoms. The number of carbonyl (C=O) groups excluding carboxylic acids is 1. The lowest BCUT2D eigenvalue weighted by Gasteiger charge is -1.99. The van der Waals surface area contributed by atoms with Crippen LogP contribution in [-0.2, 0) is 6.54 Å². The third kappa shape index (κ3) is 2.78. The second kappa shape index (κ2) is 5.71. The molecule has 5 heteroatoms. The maximum atomic E-state index is 11.8. The molecule has 1 amide bonds. The van der Waals surface area contributed by atoms with Gasteiger partial charge in [-0.05, 0) is 11.4 Å².